The molecule has 2 rings (SSSR count). The molecule has 0 spiro atoms. The van der Waals surface area contributed by atoms with Gasteiger partial charge in [-0.3, -0.25) is 0 Å². The molecule has 6 heteroatoms. The Bertz CT molecular complexity index is 621. The number of amides is 1. The monoisotopic (exact) mass is 322 g/mol. The third-order valence-corrected chi connectivity index (χ3v) is 3.90. The molecule has 1 amide bonds. The molecule has 4 nitrogen and oxygen atoms in total. The van der Waals surface area contributed by atoms with Crippen LogP contribution in [-0.4, -0.2) is 18.2 Å². The zero-order valence-corrected chi connectivity index (χ0v) is 13.5. The lowest BCUT2D eigenvalue weighted by Gasteiger charge is -2.45. The number of nitriles is 1. The normalized spacial score (nSPS) is 23.6. The molecule has 0 aliphatic heterocycles. The van der Waals surface area contributed by atoms with Crippen molar-refractivity contribution in [3.63, 3.8) is 0 Å². The number of alkyl carbamates (subject to hydrolysis) is 1. The van der Waals surface area contributed by atoms with E-state index in [4.69, 9.17) is 10.00 Å². The second kappa shape index (κ2) is 6.15. The van der Waals surface area contributed by atoms with Gasteiger partial charge in [-0.25, -0.2) is 13.6 Å². The Balaban J connectivity index is 2.14. The standard InChI is InChI=1S/C17H20F2N2O2/c1-16(2,3)23-15(22)21-10-17(7-11(8-17)9-20)12-4-13(18)6-14(19)5-12/h4-6,11H,7-8,10H2,1-3H3,(H,21,22). The van der Waals surface area contributed by atoms with E-state index in [9.17, 15) is 13.6 Å². The van der Waals surface area contributed by atoms with Crippen LogP contribution in [0, 0.1) is 28.9 Å². The van der Waals surface area contributed by atoms with E-state index < -0.39 is 28.7 Å². The molecule has 0 radical (unpaired) electrons. The summed E-state index contributed by atoms with van der Waals surface area (Å²) in [6.07, 6.45) is 0.304. The van der Waals surface area contributed by atoms with E-state index in [1.54, 1.807) is 20.8 Å². The van der Waals surface area contributed by atoms with Crippen molar-refractivity contribution in [3.05, 3.63) is 35.4 Å². The van der Waals surface area contributed by atoms with E-state index in [1.807, 2.05) is 0 Å². The number of benzene rings is 1. The molecular weight excluding hydrogens is 302 g/mol. The molecule has 23 heavy (non-hydrogen) atoms. The van der Waals surface area contributed by atoms with Gasteiger partial charge in [-0.15, -0.1) is 0 Å². The first kappa shape index (κ1) is 17.2. The van der Waals surface area contributed by atoms with Crippen LogP contribution in [0.5, 0.6) is 0 Å². The summed E-state index contributed by atoms with van der Waals surface area (Å²) in [6, 6.07) is 5.47. The van der Waals surface area contributed by atoms with E-state index in [0.717, 1.165) is 6.07 Å². The number of hydrogen-bond acceptors (Lipinski definition) is 3. The zero-order chi connectivity index (χ0) is 17.3. The maximum absolute atomic E-state index is 13.5. The van der Waals surface area contributed by atoms with Gasteiger partial charge < -0.3 is 10.1 Å². The lowest BCUT2D eigenvalue weighted by Crippen LogP contribution is -2.50. The molecule has 124 valence electrons. The Hall–Kier alpha value is -2.16. The fourth-order valence-electron chi connectivity index (χ4n) is 2.87. The number of nitrogens with one attached hydrogen (secondary N) is 1. The number of ether oxygens (including phenoxy) is 1. The minimum absolute atomic E-state index is 0.170. The van der Waals surface area contributed by atoms with Crippen molar-refractivity contribution in [2.45, 2.75) is 44.6 Å². The van der Waals surface area contributed by atoms with Crippen molar-refractivity contribution in [2.75, 3.05) is 6.54 Å². The van der Waals surface area contributed by atoms with E-state index in [2.05, 4.69) is 11.4 Å². The van der Waals surface area contributed by atoms with Crippen LogP contribution in [0.1, 0.15) is 39.2 Å². The molecule has 0 saturated heterocycles. The Kier molecular flexibility index (Phi) is 4.60. The summed E-state index contributed by atoms with van der Waals surface area (Å²) in [4.78, 5) is 11.8. The first-order chi connectivity index (χ1) is 10.6. The van der Waals surface area contributed by atoms with Gasteiger partial charge in [-0.05, 0) is 51.3 Å². The first-order valence-corrected chi connectivity index (χ1v) is 7.47. The predicted molar refractivity (Wildman–Crippen MR) is 80.6 cm³/mol. The lowest BCUT2D eigenvalue weighted by atomic mass is 9.59. The van der Waals surface area contributed by atoms with Crippen LogP contribution in [-0.2, 0) is 10.2 Å². The summed E-state index contributed by atoms with van der Waals surface area (Å²) < 4.78 is 32.2. The summed E-state index contributed by atoms with van der Waals surface area (Å²) in [5.41, 5.74) is -0.811. The Morgan fingerprint density at radius 2 is 1.91 bits per heavy atom. The minimum Gasteiger partial charge on any atom is -0.444 e. The van der Waals surface area contributed by atoms with Gasteiger partial charge >= 0.3 is 6.09 Å². The summed E-state index contributed by atoms with van der Waals surface area (Å²) in [6.45, 7) is 5.42. The van der Waals surface area contributed by atoms with E-state index in [-0.39, 0.29) is 12.5 Å². The van der Waals surface area contributed by atoms with Gasteiger partial charge in [0.15, 0.2) is 0 Å². The van der Waals surface area contributed by atoms with E-state index in [0.29, 0.717) is 18.4 Å². The fourth-order valence-corrected chi connectivity index (χ4v) is 2.87. The number of rotatable bonds is 3. The van der Waals surface area contributed by atoms with Crippen molar-refractivity contribution in [2.24, 2.45) is 5.92 Å². The largest absolute Gasteiger partial charge is 0.444 e. The van der Waals surface area contributed by atoms with Gasteiger partial charge in [0, 0.05) is 23.9 Å². The zero-order valence-electron chi connectivity index (χ0n) is 13.5. The number of carbonyl (C=O) groups excluding carboxylic acids is 1. The van der Waals surface area contributed by atoms with E-state index in [1.165, 1.54) is 12.1 Å². The maximum Gasteiger partial charge on any atom is 0.407 e. The van der Waals surface area contributed by atoms with Crippen molar-refractivity contribution in [1.82, 2.24) is 5.32 Å². The maximum atomic E-state index is 13.5. The topological polar surface area (TPSA) is 62.1 Å². The highest BCUT2D eigenvalue weighted by Gasteiger charge is 2.46. The van der Waals surface area contributed by atoms with Crippen LogP contribution in [0.15, 0.2) is 18.2 Å². The SMILES string of the molecule is CC(C)(C)OC(=O)NCC1(c2cc(F)cc(F)c2)CC(C#N)C1. The number of hydrogen-bond donors (Lipinski definition) is 1. The van der Waals surface area contributed by atoms with Gasteiger partial charge in [-0.1, -0.05) is 0 Å². The highest BCUT2D eigenvalue weighted by Crippen LogP contribution is 2.47. The smallest absolute Gasteiger partial charge is 0.407 e. The van der Waals surface area contributed by atoms with Crippen LogP contribution in [0.3, 0.4) is 0 Å². The van der Waals surface area contributed by atoms with Crippen LogP contribution in [0.4, 0.5) is 13.6 Å². The van der Waals surface area contributed by atoms with Crippen molar-refractivity contribution < 1.29 is 18.3 Å². The van der Waals surface area contributed by atoms with Crippen molar-refractivity contribution >= 4 is 6.09 Å². The molecule has 1 fully saturated rings. The highest BCUT2D eigenvalue weighted by molar-refractivity contribution is 5.68. The molecule has 1 N–H and O–H groups in total. The molecule has 1 aliphatic rings. The average Bonchev–Trinajstić information content (AvgIpc) is 2.34. The second-order valence-electron chi connectivity index (χ2n) is 7.03. The van der Waals surface area contributed by atoms with Crippen molar-refractivity contribution in [1.29, 1.82) is 5.26 Å². The average molecular weight is 322 g/mol. The van der Waals surface area contributed by atoms with Crippen LogP contribution >= 0.6 is 0 Å². The first-order valence-electron chi connectivity index (χ1n) is 7.47. The molecule has 1 aliphatic carbocycles. The van der Waals surface area contributed by atoms with Crippen LogP contribution < -0.4 is 5.32 Å². The number of halogens is 2. The summed E-state index contributed by atoms with van der Waals surface area (Å²) in [7, 11) is 0. The molecule has 1 aromatic carbocycles. The molecule has 1 saturated carbocycles. The highest BCUT2D eigenvalue weighted by atomic mass is 19.1. The molecule has 0 atom stereocenters. The quantitative estimate of drug-likeness (QED) is 0.924. The number of carbonyl (C=O) groups is 1. The molecule has 0 bridgehead atoms. The molecular formula is C17H20F2N2O2. The molecule has 1 aromatic rings. The Labute approximate surface area is 134 Å². The summed E-state index contributed by atoms with van der Waals surface area (Å²) in [5.74, 6) is -1.52. The van der Waals surface area contributed by atoms with Crippen molar-refractivity contribution in [3.8, 4) is 6.07 Å². The second-order valence-corrected chi connectivity index (χ2v) is 7.03. The van der Waals surface area contributed by atoms with Crippen LogP contribution in [0.25, 0.3) is 0 Å². The van der Waals surface area contributed by atoms with Gasteiger partial charge in [0.2, 0.25) is 0 Å². The third kappa shape index (κ3) is 4.19. The molecule has 0 heterocycles. The minimum atomic E-state index is -0.669. The van der Waals surface area contributed by atoms with Gasteiger partial charge in [-0.2, -0.15) is 5.26 Å². The Morgan fingerprint density at radius 1 is 1.35 bits per heavy atom. The number of nitrogens with zero attached hydrogens (tertiary/aromatic N) is 1. The van der Waals surface area contributed by atoms with Gasteiger partial charge in [0.25, 0.3) is 0 Å². The Morgan fingerprint density at radius 3 is 2.39 bits per heavy atom. The lowest BCUT2D eigenvalue weighted by molar-refractivity contribution is 0.0488. The van der Waals surface area contributed by atoms with Gasteiger partial charge in [0.1, 0.15) is 17.2 Å². The molecule has 0 aromatic heterocycles. The molecule has 0 unspecified atom stereocenters. The summed E-state index contributed by atoms with van der Waals surface area (Å²) >= 11 is 0. The van der Waals surface area contributed by atoms with Gasteiger partial charge in [0.05, 0.1) is 6.07 Å². The van der Waals surface area contributed by atoms with Crippen LogP contribution in [0.2, 0.25) is 0 Å². The predicted octanol–water partition coefficient (Wildman–Crippen LogP) is 3.66. The summed E-state index contributed by atoms with van der Waals surface area (Å²) in [5, 5.41) is 11.6. The third-order valence-electron chi connectivity index (χ3n) is 3.90. The van der Waals surface area contributed by atoms with E-state index >= 15 is 0 Å². The fraction of sp³-hybridized carbons (Fsp3) is 0.529.